The topological polar surface area (TPSA) is 12.0 Å². The average molecular weight is 267 g/mol. The largest absolute Gasteiger partial charge is 0.378 e. The molecule has 0 heterocycles. The molecule has 1 saturated carbocycles. The molecule has 1 fully saturated rings. The second-order valence-corrected chi connectivity index (χ2v) is 5.60. The summed E-state index contributed by atoms with van der Waals surface area (Å²) in [5.74, 6) is -0.189. The second-order valence-electron chi connectivity index (χ2n) is 5.60. The summed E-state index contributed by atoms with van der Waals surface area (Å²) < 4.78 is 27.2. The molecule has 0 amide bonds. The van der Waals surface area contributed by atoms with E-state index in [9.17, 15) is 8.78 Å². The van der Waals surface area contributed by atoms with Crippen LogP contribution in [0.5, 0.6) is 0 Å². The van der Waals surface area contributed by atoms with Crippen LogP contribution in [0.4, 0.5) is 14.5 Å². The fraction of sp³-hybridized carbons (Fsp3) is 0.625. The highest BCUT2D eigenvalue weighted by Crippen LogP contribution is 2.29. The summed E-state index contributed by atoms with van der Waals surface area (Å²) in [6.45, 7) is 2.22. The monoisotopic (exact) mass is 267 g/mol. The van der Waals surface area contributed by atoms with E-state index in [2.05, 4.69) is 12.2 Å². The Hall–Kier alpha value is -1.12. The Labute approximate surface area is 114 Å². The van der Waals surface area contributed by atoms with Crippen molar-refractivity contribution in [1.29, 1.82) is 0 Å². The van der Waals surface area contributed by atoms with Crippen LogP contribution < -0.4 is 5.32 Å². The molecule has 0 spiro atoms. The summed E-state index contributed by atoms with van der Waals surface area (Å²) in [5, 5.41) is 3.07. The van der Waals surface area contributed by atoms with Gasteiger partial charge in [-0.3, -0.25) is 0 Å². The van der Waals surface area contributed by atoms with E-state index in [0.29, 0.717) is 0 Å². The number of benzene rings is 1. The second kappa shape index (κ2) is 6.88. The van der Waals surface area contributed by atoms with Gasteiger partial charge in [-0.15, -0.1) is 0 Å². The van der Waals surface area contributed by atoms with Crippen LogP contribution in [0.2, 0.25) is 0 Å². The zero-order valence-corrected chi connectivity index (χ0v) is 11.6. The Balaban J connectivity index is 1.96. The lowest BCUT2D eigenvalue weighted by molar-refractivity contribution is 0.422. The van der Waals surface area contributed by atoms with E-state index >= 15 is 0 Å². The lowest BCUT2D eigenvalue weighted by Crippen LogP contribution is -2.20. The third-order valence-electron chi connectivity index (χ3n) is 4.10. The Kier molecular flexibility index (Phi) is 5.17. The number of hydrogen-bond acceptors (Lipinski definition) is 1. The Bertz CT molecular complexity index is 385. The van der Waals surface area contributed by atoms with Crippen molar-refractivity contribution in [2.45, 2.75) is 57.9 Å². The highest BCUT2D eigenvalue weighted by atomic mass is 19.1. The molecule has 1 aromatic carbocycles. The third kappa shape index (κ3) is 3.92. The van der Waals surface area contributed by atoms with Crippen molar-refractivity contribution >= 4 is 5.69 Å². The Morgan fingerprint density at radius 1 is 1.11 bits per heavy atom. The van der Waals surface area contributed by atoms with Crippen molar-refractivity contribution in [3.8, 4) is 0 Å². The molecule has 1 nitrogen and oxygen atoms in total. The van der Waals surface area contributed by atoms with Gasteiger partial charge in [0, 0.05) is 6.04 Å². The Morgan fingerprint density at radius 2 is 1.84 bits per heavy atom. The molecule has 2 rings (SSSR count). The van der Waals surface area contributed by atoms with Crippen LogP contribution in [0.15, 0.2) is 18.2 Å². The first kappa shape index (κ1) is 14.3. The number of rotatable bonds is 4. The molecule has 1 N–H and O–H groups in total. The van der Waals surface area contributed by atoms with Gasteiger partial charge in [0.2, 0.25) is 0 Å². The molecule has 0 aromatic heterocycles. The van der Waals surface area contributed by atoms with Crippen molar-refractivity contribution in [3.05, 3.63) is 29.8 Å². The minimum Gasteiger partial charge on any atom is -0.378 e. The lowest BCUT2D eigenvalue weighted by Gasteiger charge is -2.19. The lowest BCUT2D eigenvalue weighted by atomic mass is 9.95. The molecule has 106 valence electrons. The van der Waals surface area contributed by atoms with Gasteiger partial charge in [-0.2, -0.15) is 0 Å². The van der Waals surface area contributed by atoms with E-state index in [1.165, 1.54) is 43.9 Å². The van der Waals surface area contributed by atoms with E-state index in [1.54, 1.807) is 0 Å². The van der Waals surface area contributed by atoms with Crippen molar-refractivity contribution in [3.63, 3.8) is 0 Å². The van der Waals surface area contributed by atoms with Gasteiger partial charge in [-0.25, -0.2) is 8.78 Å². The number of halogens is 2. The predicted octanol–water partition coefficient (Wildman–Crippen LogP) is 5.13. The number of para-hydroxylation sites is 1. The average Bonchev–Trinajstić information content (AvgIpc) is 2.60. The summed E-state index contributed by atoms with van der Waals surface area (Å²) in [6.07, 6.45) is 8.10. The molecule has 2 atom stereocenters. The molecule has 0 aliphatic heterocycles. The Morgan fingerprint density at radius 3 is 2.53 bits per heavy atom. The molecule has 19 heavy (non-hydrogen) atoms. The fourth-order valence-corrected chi connectivity index (χ4v) is 3.06. The first-order valence-corrected chi connectivity index (χ1v) is 7.41. The molecular weight excluding hydrogens is 244 g/mol. The summed E-state index contributed by atoms with van der Waals surface area (Å²) in [4.78, 5) is 0. The SMILES string of the molecule is CCCC1CCCC(Nc2c(F)cccc2F)CC1. The normalized spacial score (nSPS) is 23.9. The number of anilines is 1. The van der Waals surface area contributed by atoms with E-state index in [4.69, 9.17) is 0 Å². The van der Waals surface area contributed by atoms with E-state index < -0.39 is 11.6 Å². The van der Waals surface area contributed by atoms with Gasteiger partial charge in [0.1, 0.15) is 17.3 Å². The van der Waals surface area contributed by atoms with Crippen LogP contribution in [0.3, 0.4) is 0 Å². The van der Waals surface area contributed by atoms with Crippen LogP contribution in [0, 0.1) is 17.6 Å². The van der Waals surface area contributed by atoms with Gasteiger partial charge >= 0.3 is 0 Å². The van der Waals surface area contributed by atoms with Crippen molar-refractivity contribution in [2.24, 2.45) is 5.92 Å². The summed E-state index contributed by atoms with van der Waals surface area (Å²) in [6, 6.07) is 4.22. The van der Waals surface area contributed by atoms with Crippen LogP contribution in [-0.4, -0.2) is 6.04 Å². The van der Waals surface area contributed by atoms with Crippen LogP contribution in [0.25, 0.3) is 0 Å². The highest BCUT2D eigenvalue weighted by molar-refractivity contribution is 5.46. The van der Waals surface area contributed by atoms with Gasteiger partial charge in [0.25, 0.3) is 0 Å². The zero-order valence-electron chi connectivity index (χ0n) is 11.6. The van der Waals surface area contributed by atoms with Gasteiger partial charge in [0.15, 0.2) is 0 Å². The molecule has 3 heteroatoms. The van der Waals surface area contributed by atoms with Gasteiger partial charge in [-0.05, 0) is 37.3 Å². The molecule has 2 unspecified atom stereocenters. The molecule has 1 aliphatic rings. The molecule has 0 bridgehead atoms. The maximum atomic E-state index is 13.6. The van der Waals surface area contributed by atoms with Gasteiger partial charge in [0.05, 0.1) is 0 Å². The van der Waals surface area contributed by atoms with Crippen molar-refractivity contribution in [1.82, 2.24) is 0 Å². The smallest absolute Gasteiger partial charge is 0.149 e. The summed E-state index contributed by atoms with van der Waals surface area (Å²) in [5.41, 5.74) is 0.0430. The van der Waals surface area contributed by atoms with Crippen molar-refractivity contribution < 1.29 is 8.78 Å². The number of nitrogens with one attached hydrogen (secondary N) is 1. The fourth-order valence-electron chi connectivity index (χ4n) is 3.06. The summed E-state index contributed by atoms with van der Waals surface area (Å²) >= 11 is 0. The maximum absolute atomic E-state index is 13.6. The van der Waals surface area contributed by atoms with Gasteiger partial charge < -0.3 is 5.32 Å². The standard InChI is InChI=1S/C16H23F2N/c1-2-5-12-6-3-7-13(11-10-12)19-16-14(17)8-4-9-15(16)18/h4,8-9,12-13,19H,2-3,5-7,10-11H2,1H3. The van der Waals surface area contributed by atoms with Crippen LogP contribution in [-0.2, 0) is 0 Å². The minimum atomic E-state index is -0.491. The summed E-state index contributed by atoms with van der Waals surface area (Å²) in [7, 11) is 0. The van der Waals surface area contributed by atoms with E-state index in [1.807, 2.05) is 0 Å². The third-order valence-corrected chi connectivity index (χ3v) is 4.10. The highest BCUT2D eigenvalue weighted by Gasteiger charge is 2.20. The van der Waals surface area contributed by atoms with Crippen LogP contribution >= 0.6 is 0 Å². The molecule has 0 radical (unpaired) electrons. The molecule has 1 aromatic rings. The predicted molar refractivity (Wildman–Crippen MR) is 75.3 cm³/mol. The molecule has 0 saturated heterocycles. The number of hydrogen-bond donors (Lipinski definition) is 1. The zero-order chi connectivity index (χ0) is 13.7. The molecule has 1 aliphatic carbocycles. The van der Waals surface area contributed by atoms with E-state index in [-0.39, 0.29) is 11.7 Å². The maximum Gasteiger partial charge on any atom is 0.149 e. The first-order valence-electron chi connectivity index (χ1n) is 7.41. The van der Waals surface area contributed by atoms with Gasteiger partial charge in [-0.1, -0.05) is 38.7 Å². The first-order chi connectivity index (χ1) is 9.20. The van der Waals surface area contributed by atoms with Crippen molar-refractivity contribution in [2.75, 3.05) is 5.32 Å². The molecular formula is C16H23F2N. The van der Waals surface area contributed by atoms with Crippen LogP contribution in [0.1, 0.15) is 51.9 Å². The minimum absolute atomic E-state index is 0.0430. The quantitative estimate of drug-likeness (QED) is 0.746. The van der Waals surface area contributed by atoms with E-state index in [0.717, 1.165) is 25.2 Å².